The molecule has 0 fully saturated rings. The smallest absolute Gasteiger partial charge is 0.124 e. The first-order valence-corrected chi connectivity index (χ1v) is 5.01. The minimum Gasteiger partial charge on any atom is -0.384 e. The molecule has 0 unspecified atom stereocenters. The molecule has 3 heteroatoms. The van der Waals surface area contributed by atoms with E-state index in [2.05, 4.69) is 5.32 Å². The molecule has 1 nitrogen and oxygen atoms in total. The van der Waals surface area contributed by atoms with Crippen LogP contribution in [0.4, 0.5) is 10.1 Å². The fourth-order valence-corrected chi connectivity index (χ4v) is 2.24. The summed E-state index contributed by atoms with van der Waals surface area (Å²) < 4.78 is 12.8. The van der Waals surface area contributed by atoms with Crippen molar-refractivity contribution in [1.82, 2.24) is 0 Å². The van der Waals surface area contributed by atoms with Gasteiger partial charge < -0.3 is 5.32 Å². The average Bonchev–Trinajstić information content (AvgIpc) is 2.28. The summed E-state index contributed by atoms with van der Waals surface area (Å²) in [5.74, 6) is 0.925. The van der Waals surface area contributed by atoms with E-state index in [1.807, 2.05) is 6.07 Å². The van der Waals surface area contributed by atoms with E-state index >= 15 is 0 Å². The zero-order valence-corrected chi connectivity index (χ0v) is 7.46. The summed E-state index contributed by atoms with van der Waals surface area (Å²) in [6.07, 6.45) is 1.14. The van der Waals surface area contributed by atoms with Crippen LogP contribution in [0.1, 0.15) is 6.42 Å². The number of nitrogens with one attached hydrogen (secondary N) is 1. The molecule has 1 heterocycles. The second-order valence-electron chi connectivity index (χ2n) is 2.77. The van der Waals surface area contributed by atoms with Gasteiger partial charge in [-0.2, -0.15) is 0 Å². The van der Waals surface area contributed by atoms with E-state index < -0.39 is 0 Å². The summed E-state index contributed by atoms with van der Waals surface area (Å²) in [5, 5.41) is 3.26. The van der Waals surface area contributed by atoms with Gasteiger partial charge in [0.1, 0.15) is 5.82 Å². The van der Waals surface area contributed by atoms with Crippen LogP contribution in [0, 0.1) is 5.82 Å². The van der Waals surface area contributed by atoms with Crippen molar-refractivity contribution in [2.75, 3.05) is 17.6 Å². The summed E-state index contributed by atoms with van der Waals surface area (Å²) >= 11 is 1.72. The molecule has 0 aromatic heterocycles. The van der Waals surface area contributed by atoms with Gasteiger partial charge in [0.2, 0.25) is 0 Å². The molecular weight excluding hydrogens is 173 g/mol. The molecule has 0 atom stereocenters. The third-order valence-corrected chi connectivity index (χ3v) is 2.98. The van der Waals surface area contributed by atoms with E-state index in [0.29, 0.717) is 0 Å². The van der Waals surface area contributed by atoms with Crippen LogP contribution in [0.25, 0.3) is 0 Å². The summed E-state index contributed by atoms with van der Waals surface area (Å²) in [6, 6.07) is 4.90. The summed E-state index contributed by atoms with van der Waals surface area (Å²) in [5.41, 5.74) is 1.07. The Bertz CT molecular complexity index is 288. The first-order valence-electron chi connectivity index (χ1n) is 4.02. The molecule has 1 aromatic carbocycles. The summed E-state index contributed by atoms with van der Waals surface area (Å²) in [6.45, 7) is 0.992. The maximum Gasteiger partial charge on any atom is 0.124 e. The second kappa shape index (κ2) is 3.35. The monoisotopic (exact) mass is 183 g/mol. The molecule has 0 bridgehead atoms. The van der Waals surface area contributed by atoms with E-state index in [1.54, 1.807) is 17.8 Å². The van der Waals surface area contributed by atoms with E-state index in [9.17, 15) is 4.39 Å². The van der Waals surface area contributed by atoms with Crippen LogP contribution in [0.3, 0.4) is 0 Å². The Kier molecular flexibility index (Phi) is 2.21. The van der Waals surface area contributed by atoms with Crippen molar-refractivity contribution in [2.45, 2.75) is 11.3 Å². The molecule has 1 aromatic rings. The maximum atomic E-state index is 12.8. The lowest BCUT2D eigenvalue weighted by molar-refractivity contribution is 0.624. The molecule has 0 radical (unpaired) electrons. The first-order chi connectivity index (χ1) is 5.86. The van der Waals surface area contributed by atoms with Crippen LogP contribution >= 0.6 is 11.8 Å². The molecule has 12 heavy (non-hydrogen) atoms. The van der Waals surface area contributed by atoms with Gasteiger partial charge in [-0.15, -0.1) is 11.8 Å². The molecule has 1 aliphatic rings. The Morgan fingerprint density at radius 1 is 1.42 bits per heavy atom. The Morgan fingerprint density at radius 2 is 2.33 bits per heavy atom. The number of halogens is 1. The molecule has 0 saturated carbocycles. The van der Waals surface area contributed by atoms with Crippen LogP contribution in [0.15, 0.2) is 23.1 Å². The number of thioether (sulfide) groups is 1. The zero-order valence-electron chi connectivity index (χ0n) is 6.64. The Morgan fingerprint density at radius 3 is 3.25 bits per heavy atom. The van der Waals surface area contributed by atoms with E-state index in [0.717, 1.165) is 29.3 Å². The average molecular weight is 183 g/mol. The number of hydrogen-bond donors (Lipinski definition) is 1. The molecule has 0 spiro atoms. The van der Waals surface area contributed by atoms with Crippen LogP contribution in [0.2, 0.25) is 0 Å². The Balaban J connectivity index is 2.36. The highest BCUT2D eigenvalue weighted by Gasteiger charge is 2.07. The number of fused-ring (bicyclic) bond motifs is 1. The van der Waals surface area contributed by atoms with Gasteiger partial charge in [0.15, 0.2) is 0 Å². The molecule has 1 N–H and O–H groups in total. The lowest BCUT2D eigenvalue weighted by Gasteiger charge is -2.05. The van der Waals surface area contributed by atoms with Crippen LogP contribution in [-0.2, 0) is 0 Å². The van der Waals surface area contributed by atoms with Crippen LogP contribution < -0.4 is 5.32 Å². The third kappa shape index (κ3) is 1.55. The summed E-state index contributed by atoms with van der Waals surface area (Å²) in [7, 11) is 0. The van der Waals surface area contributed by atoms with Crippen molar-refractivity contribution in [3.05, 3.63) is 24.0 Å². The first kappa shape index (κ1) is 7.92. The van der Waals surface area contributed by atoms with Crippen LogP contribution in [-0.4, -0.2) is 12.3 Å². The van der Waals surface area contributed by atoms with Gasteiger partial charge >= 0.3 is 0 Å². The van der Waals surface area contributed by atoms with Gasteiger partial charge in [-0.1, -0.05) is 0 Å². The standard InChI is InChI=1S/C9H10FNS/c10-7-2-3-8-9(6-7)12-5-1-4-11-8/h2-3,6,11H,1,4-5H2. The number of hydrogen-bond acceptors (Lipinski definition) is 2. The fraction of sp³-hybridized carbons (Fsp3) is 0.333. The largest absolute Gasteiger partial charge is 0.384 e. The summed E-state index contributed by atoms with van der Waals surface area (Å²) in [4.78, 5) is 1.03. The highest BCUT2D eigenvalue weighted by molar-refractivity contribution is 7.99. The molecular formula is C9H10FNS. The van der Waals surface area contributed by atoms with Crippen molar-refractivity contribution in [2.24, 2.45) is 0 Å². The van der Waals surface area contributed by atoms with Gasteiger partial charge in [0, 0.05) is 17.1 Å². The molecule has 0 saturated heterocycles. The highest BCUT2D eigenvalue weighted by Crippen LogP contribution is 2.30. The van der Waals surface area contributed by atoms with Gasteiger partial charge in [-0.25, -0.2) is 4.39 Å². The van der Waals surface area contributed by atoms with E-state index in [4.69, 9.17) is 0 Å². The number of anilines is 1. The molecule has 1 aliphatic heterocycles. The Labute approximate surface area is 75.4 Å². The van der Waals surface area contributed by atoms with Crippen LogP contribution in [0.5, 0.6) is 0 Å². The van der Waals surface area contributed by atoms with Crippen molar-refractivity contribution in [1.29, 1.82) is 0 Å². The quantitative estimate of drug-likeness (QED) is 0.663. The SMILES string of the molecule is Fc1ccc2c(c1)SCCCN2. The number of rotatable bonds is 0. The number of benzene rings is 1. The van der Waals surface area contributed by atoms with Gasteiger partial charge in [0.05, 0.1) is 0 Å². The maximum absolute atomic E-state index is 12.8. The van der Waals surface area contributed by atoms with Gasteiger partial charge in [-0.05, 0) is 30.4 Å². The molecule has 0 amide bonds. The molecule has 64 valence electrons. The second-order valence-corrected chi connectivity index (χ2v) is 3.91. The molecule has 2 rings (SSSR count). The predicted molar refractivity (Wildman–Crippen MR) is 50.2 cm³/mol. The van der Waals surface area contributed by atoms with Gasteiger partial charge in [-0.3, -0.25) is 0 Å². The van der Waals surface area contributed by atoms with E-state index in [1.165, 1.54) is 6.07 Å². The normalized spacial score (nSPS) is 16.1. The highest BCUT2D eigenvalue weighted by atomic mass is 32.2. The Hall–Kier alpha value is -0.700. The third-order valence-electron chi connectivity index (χ3n) is 1.84. The fourth-order valence-electron chi connectivity index (χ4n) is 1.24. The van der Waals surface area contributed by atoms with Crippen molar-refractivity contribution in [3.8, 4) is 0 Å². The van der Waals surface area contributed by atoms with Crippen molar-refractivity contribution >= 4 is 17.4 Å². The lowest BCUT2D eigenvalue weighted by Crippen LogP contribution is -1.99. The van der Waals surface area contributed by atoms with E-state index in [-0.39, 0.29) is 5.82 Å². The van der Waals surface area contributed by atoms with Crippen molar-refractivity contribution in [3.63, 3.8) is 0 Å². The minimum atomic E-state index is -0.148. The predicted octanol–water partition coefficient (Wildman–Crippen LogP) is 2.73. The minimum absolute atomic E-state index is 0.148. The zero-order chi connectivity index (χ0) is 8.39. The van der Waals surface area contributed by atoms with Crippen molar-refractivity contribution < 1.29 is 4.39 Å². The van der Waals surface area contributed by atoms with Gasteiger partial charge in [0.25, 0.3) is 0 Å². The topological polar surface area (TPSA) is 12.0 Å². The molecule has 0 aliphatic carbocycles. The lowest BCUT2D eigenvalue weighted by atomic mass is 10.3.